The van der Waals surface area contributed by atoms with Gasteiger partial charge in [-0.05, 0) is 13.8 Å². The van der Waals surface area contributed by atoms with Crippen LogP contribution in [0, 0.1) is 0 Å². The molecule has 0 saturated carbocycles. The fourth-order valence-corrected chi connectivity index (χ4v) is 0.0589. The van der Waals surface area contributed by atoms with Crippen LogP contribution in [0.5, 0.6) is 0 Å². The molecule has 0 rings (SSSR count). The van der Waals surface area contributed by atoms with E-state index in [1.165, 1.54) is 7.11 Å². The Morgan fingerprint density at radius 1 is 1.50 bits per heavy atom. The summed E-state index contributed by atoms with van der Waals surface area (Å²) in [5.74, 6) is 0. The molecule has 0 radical (unpaired) electrons. The topological polar surface area (TPSA) is 32.3 Å². The van der Waals surface area contributed by atoms with Crippen LogP contribution in [0.25, 0.3) is 0 Å². The van der Waals surface area contributed by atoms with Gasteiger partial charge in [0.1, 0.15) is 0 Å². The Bertz CT molecular complexity index is 48.4. The molecule has 3 heteroatoms. The zero-order valence-electron chi connectivity index (χ0n) is 6.02. The molecule has 0 heterocycles. The van der Waals surface area contributed by atoms with E-state index >= 15 is 0 Å². The minimum absolute atomic E-state index is 0. The standard InChI is InChI=1S/C5H11O2.Li/c1-5(2,4-6)7-3;/h4H2,1-3H3;/q-1;+1. The van der Waals surface area contributed by atoms with Crippen LogP contribution in [0.4, 0.5) is 0 Å². The summed E-state index contributed by atoms with van der Waals surface area (Å²) in [4.78, 5) is 0. The number of methoxy groups -OCH3 is 1. The van der Waals surface area contributed by atoms with Gasteiger partial charge in [-0.15, -0.1) is 6.61 Å². The molecule has 0 aliphatic heterocycles. The van der Waals surface area contributed by atoms with Crippen LogP contribution in [0.3, 0.4) is 0 Å². The molecule has 2 nitrogen and oxygen atoms in total. The zero-order chi connectivity index (χ0) is 5.91. The van der Waals surface area contributed by atoms with Gasteiger partial charge in [0.05, 0.1) is 0 Å². The molecule has 0 N–H and O–H groups in total. The van der Waals surface area contributed by atoms with Crippen LogP contribution in [-0.4, -0.2) is 19.3 Å². The molecular formula is C5H11LiO2. The molecule has 0 spiro atoms. The fourth-order valence-electron chi connectivity index (χ4n) is 0.0589. The molecule has 8 heavy (non-hydrogen) atoms. The molecule has 0 aromatic rings. The van der Waals surface area contributed by atoms with Crippen molar-refractivity contribution in [2.45, 2.75) is 19.4 Å². The van der Waals surface area contributed by atoms with Crippen LogP contribution >= 0.6 is 0 Å². The molecule has 0 aliphatic carbocycles. The molecule has 0 bridgehead atoms. The zero-order valence-corrected chi connectivity index (χ0v) is 6.02. The van der Waals surface area contributed by atoms with Gasteiger partial charge in [-0.1, -0.05) is 0 Å². The monoisotopic (exact) mass is 110 g/mol. The normalized spacial score (nSPS) is 10.5. The number of hydrogen-bond acceptors (Lipinski definition) is 2. The van der Waals surface area contributed by atoms with Gasteiger partial charge >= 0.3 is 18.9 Å². The molecule has 0 saturated heterocycles. The fraction of sp³-hybridized carbons (Fsp3) is 1.00. The predicted octanol–water partition coefficient (Wildman–Crippen LogP) is -3.22. The minimum Gasteiger partial charge on any atom is -0.852 e. The third kappa shape index (κ3) is 4.67. The summed E-state index contributed by atoms with van der Waals surface area (Å²) < 4.78 is 4.77. The molecule has 0 aliphatic rings. The molecule has 0 atom stereocenters. The van der Waals surface area contributed by atoms with Crippen LogP contribution in [-0.2, 0) is 4.74 Å². The summed E-state index contributed by atoms with van der Waals surface area (Å²) in [6.07, 6.45) is 0. The Labute approximate surface area is 62.4 Å². The van der Waals surface area contributed by atoms with Crippen molar-refractivity contribution in [3.8, 4) is 0 Å². The van der Waals surface area contributed by atoms with Gasteiger partial charge < -0.3 is 9.84 Å². The van der Waals surface area contributed by atoms with E-state index in [0.29, 0.717) is 0 Å². The van der Waals surface area contributed by atoms with E-state index in [9.17, 15) is 5.11 Å². The molecule has 44 valence electrons. The second-order valence-electron chi connectivity index (χ2n) is 2.11. The van der Waals surface area contributed by atoms with Crippen LogP contribution < -0.4 is 24.0 Å². The van der Waals surface area contributed by atoms with E-state index in [4.69, 9.17) is 4.74 Å². The van der Waals surface area contributed by atoms with Crippen molar-refractivity contribution in [3.63, 3.8) is 0 Å². The van der Waals surface area contributed by atoms with Gasteiger partial charge in [-0.25, -0.2) is 0 Å². The van der Waals surface area contributed by atoms with Crippen molar-refractivity contribution in [3.05, 3.63) is 0 Å². The van der Waals surface area contributed by atoms with Crippen molar-refractivity contribution in [2.75, 3.05) is 13.7 Å². The van der Waals surface area contributed by atoms with Crippen LogP contribution in [0.1, 0.15) is 13.8 Å². The Hall–Kier alpha value is 0.517. The molecule has 0 amide bonds. The largest absolute Gasteiger partial charge is 1.00 e. The SMILES string of the molecule is COC(C)(C)C[O-].[Li+]. The maximum Gasteiger partial charge on any atom is 1.00 e. The second-order valence-corrected chi connectivity index (χ2v) is 2.11. The van der Waals surface area contributed by atoms with Crippen molar-refractivity contribution in [1.82, 2.24) is 0 Å². The Morgan fingerprint density at radius 2 is 1.88 bits per heavy atom. The first kappa shape index (κ1) is 11.3. The van der Waals surface area contributed by atoms with Crippen molar-refractivity contribution in [1.29, 1.82) is 0 Å². The van der Waals surface area contributed by atoms with E-state index < -0.39 is 5.60 Å². The summed E-state index contributed by atoms with van der Waals surface area (Å²) in [7, 11) is 1.54. The Balaban J connectivity index is 0. The molecule has 0 fully saturated rings. The first-order valence-corrected chi connectivity index (χ1v) is 2.25. The molecule has 0 aromatic heterocycles. The third-order valence-electron chi connectivity index (χ3n) is 0.900. The van der Waals surface area contributed by atoms with E-state index in [1.807, 2.05) is 0 Å². The predicted molar refractivity (Wildman–Crippen MR) is 26.0 cm³/mol. The quantitative estimate of drug-likeness (QED) is 0.350. The number of ether oxygens (including phenoxy) is 1. The third-order valence-corrected chi connectivity index (χ3v) is 0.900. The summed E-state index contributed by atoms with van der Waals surface area (Å²) in [6, 6.07) is 0. The first-order chi connectivity index (χ1) is 3.12. The van der Waals surface area contributed by atoms with Gasteiger partial charge in [0, 0.05) is 12.7 Å². The molecule has 0 unspecified atom stereocenters. The summed E-state index contributed by atoms with van der Waals surface area (Å²) in [5.41, 5.74) is -0.472. The first-order valence-electron chi connectivity index (χ1n) is 2.25. The van der Waals surface area contributed by atoms with E-state index in [2.05, 4.69) is 0 Å². The van der Waals surface area contributed by atoms with Gasteiger partial charge in [0.2, 0.25) is 0 Å². The van der Waals surface area contributed by atoms with E-state index in [-0.39, 0.29) is 25.5 Å². The smallest absolute Gasteiger partial charge is 0.852 e. The van der Waals surface area contributed by atoms with Gasteiger partial charge in [0.25, 0.3) is 0 Å². The van der Waals surface area contributed by atoms with E-state index in [1.54, 1.807) is 13.8 Å². The summed E-state index contributed by atoms with van der Waals surface area (Å²) >= 11 is 0. The summed E-state index contributed by atoms with van der Waals surface area (Å²) in [5, 5.41) is 10.1. The van der Waals surface area contributed by atoms with Crippen molar-refractivity contribution < 1.29 is 28.7 Å². The number of hydrogen-bond donors (Lipinski definition) is 0. The Kier molecular flexibility index (Phi) is 6.23. The van der Waals surface area contributed by atoms with Crippen LogP contribution in [0.15, 0.2) is 0 Å². The second kappa shape index (κ2) is 4.40. The average Bonchev–Trinajstić information content (AvgIpc) is 1.68. The average molecular weight is 110 g/mol. The number of rotatable bonds is 2. The maximum atomic E-state index is 10.1. The maximum absolute atomic E-state index is 10.1. The van der Waals surface area contributed by atoms with Crippen molar-refractivity contribution >= 4 is 0 Å². The summed E-state index contributed by atoms with van der Waals surface area (Å²) in [6.45, 7) is 3.35. The van der Waals surface area contributed by atoms with E-state index in [0.717, 1.165) is 0 Å². The Morgan fingerprint density at radius 3 is 1.88 bits per heavy atom. The minimum atomic E-state index is -0.472. The van der Waals surface area contributed by atoms with Gasteiger partial charge in [0.15, 0.2) is 0 Å². The van der Waals surface area contributed by atoms with Gasteiger partial charge in [-0.2, -0.15) is 0 Å². The molecule has 0 aromatic carbocycles. The van der Waals surface area contributed by atoms with Gasteiger partial charge in [-0.3, -0.25) is 0 Å². The van der Waals surface area contributed by atoms with Crippen LogP contribution in [0.2, 0.25) is 0 Å². The van der Waals surface area contributed by atoms with Crippen molar-refractivity contribution in [2.24, 2.45) is 0 Å². The molecular weight excluding hydrogens is 99.0 g/mol.